The molecule has 0 atom stereocenters. The van der Waals surface area contributed by atoms with Gasteiger partial charge in [0.05, 0.1) is 17.7 Å². The molecule has 0 aliphatic carbocycles. The minimum Gasteiger partial charge on any atom is -0.508 e. The lowest BCUT2D eigenvalue weighted by atomic mass is 10.0. The topological polar surface area (TPSA) is 87.0 Å². The van der Waals surface area contributed by atoms with Crippen molar-refractivity contribution >= 4 is 22.2 Å². The minimum absolute atomic E-state index is 0.150. The van der Waals surface area contributed by atoms with E-state index < -0.39 is 0 Å². The summed E-state index contributed by atoms with van der Waals surface area (Å²) in [7, 11) is 1.63. The van der Waals surface area contributed by atoms with E-state index in [0.717, 1.165) is 21.9 Å². The van der Waals surface area contributed by atoms with E-state index in [1.54, 1.807) is 33.2 Å². The fraction of sp³-hybridized carbons (Fsp3) is 0.200. The molecule has 0 saturated heterocycles. The van der Waals surface area contributed by atoms with Crippen molar-refractivity contribution in [1.82, 2.24) is 4.98 Å². The van der Waals surface area contributed by atoms with E-state index in [1.807, 2.05) is 31.2 Å². The summed E-state index contributed by atoms with van der Waals surface area (Å²) in [5, 5.41) is 25.4. The molecule has 0 aliphatic rings. The number of hydrogen-bond donors (Lipinski definition) is 3. The summed E-state index contributed by atoms with van der Waals surface area (Å²) in [5.74, 6) is 1.09. The molecule has 6 nitrogen and oxygen atoms in total. The maximum Gasteiger partial charge on any atom is 0.203 e. The Balaban J connectivity index is 1.80. The number of rotatable bonds is 5. The van der Waals surface area contributed by atoms with Gasteiger partial charge in [0.15, 0.2) is 0 Å². The van der Waals surface area contributed by atoms with Gasteiger partial charge in [-0.25, -0.2) is 4.98 Å². The highest BCUT2D eigenvalue weighted by atomic mass is 32.1. The lowest BCUT2D eigenvalue weighted by Gasteiger charge is -2.10. The molecule has 0 unspecified atom stereocenters. The average Bonchev–Trinajstić information content (AvgIpc) is 3.16. The normalized spacial score (nSPS) is 11.5. The summed E-state index contributed by atoms with van der Waals surface area (Å²) in [6, 6.07) is 9.18. The zero-order chi connectivity index (χ0) is 19.6. The first kappa shape index (κ1) is 18.7. The van der Waals surface area contributed by atoms with Crippen molar-refractivity contribution in [3.8, 4) is 27.7 Å². The molecule has 0 fully saturated rings. The first-order valence-corrected chi connectivity index (χ1v) is 9.15. The van der Waals surface area contributed by atoms with E-state index in [2.05, 4.69) is 15.5 Å². The van der Waals surface area contributed by atoms with Crippen LogP contribution in [0, 0.1) is 13.8 Å². The van der Waals surface area contributed by atoms with E-state index in [1.165, 1.54) is 11.3 Å². The number of nitrogens with one attached hydrogen (secondary N) is 1. The van der Waals surface area contributed by atoms with Crippen LogP contribution < -0.4 is 10.2 Å². The third-order valence-electron chi connectivity index (χ3n) is 4.44. The molecule has 1 aromatic heterocycles. The molecule has 0 aliphatic heterocycles. The predicted molar refractivity (Wildman–Crippen MR) is 109 cm³/mol. The molecule has 140 valence electrons. The predicted octanol–water partition coefficient (Wildman–Crippen LogP) is 4.68. The molecule has 0 amide bonds. The Morgan fingerprint density at radius 2 is 1.85 bits per heavy atom. The largest absolute Gasteiger partial charge is 0.508 e. The third kappa shape index (κ3) is 3.88. The molecular weight excluding hydrogens is 362 g/mol. The number of aromatic hydroxyl groups is 2. The highest BCUT2D eigenvalue weighted by Crippen LogP contribution is 2.41. The average molecular weight is 383 g/mol. The van der Waals surface area contributed by atoms with Gasteiger partial charge in [0.25, 0.3) is 0 Å². The molecule has 2 aromatic carbocycles. The Hall–Kier alpha value is -3.06. The van der Waals surface area contributed by atoms with Gasteiger partial charge in [0.2, 0.25) is 5.13 Å². The van der Waals surface area contributed by atoms with Crippen LogP contribution in [-0.2, 0) is 0 Å². The van der Waals surface area contributed by atoms with Crippen LogP contribution in [0.4, 0.5) is 5.13 Å². The smallest absolute Gasteiger partial charge is 0.203 e. The van der Waals surface area contributed by atoms with Crippen LogP contribution in [0.25, 0.3) is 10.4 Å². The maximum atomic E-state index is 10.4. The van der Waals surface area contributed by atoms with Gasteiger partial charge >= 0.3 is 0 Å². The first-order valence-electron chi connectivity index (χ1n) is 8.33. The number of hydrazone groups is 1. The molecule has 7 heteroatoms. The van der Waals surface area contributed by atoms with E-state index in [0.29, 0.717) is 21.8 Å². The zero-order valence-corrected chi connectivity index (χ0v) is 16.4. The number of thiazole rings is 1. The van der Waals surface area contributed by atoms with Gasteiger partial charge in [-0.2, -0.15) is 5.10 Å². The lowest BCUT2D eigenvalue weighted by Crippen LogP contribution is -1.99. The van der Waals surface area contributed by atoms with Crippen LogP contribution in [0.5, 0.6) is 17.2 Å². The molecule has 3 rings (SSSR count). The second-order valence-electron chi connectivity index (χ2n) is 6.11. The lowest BCUT2D eigenvalue weighted by molar-refractivity contribution is 0.415. The molecule has 3 N–H and O–H groups in total. The third-order valence-corrected chi connectivity index (χ3v) is 5.37. The van der Waals surface area contributed by atoms with Gasteiger partial charge in [0.1, 0.15) is 17.2 Å². The highest BCUT2D eigenvalue weighted by molar-refractivity contribution is 7.18. The van der Waals surface area contributed by atoms with Crippen molar-refractivity contribution in [2.75, 3.05) is 12.5 Å². The van der Waals surface area contributed by atoms with Crippen LogP contribution in [0.1, 0.15) is 23.6 Å². The summed E-state index contributed by atoms with van der Waals surface area (Å²) in [6.45, 7) is 5.44. The number of ether oxygens (including phenoxy) is 1. The summed E-state index contributed by atoms with van der Waals surface area (Å²) in [5.41, 5.74) is 6.59. The SMILES string of the molecule is COc1ccc(/C(C)=N/Nc2ncc(-c3cc(O)c(C)c(C)c3O)s2)cc1. The highest BCUT2D eigenvalue weighted by Gasteiger charge is 2.15. The fourth-order valence-electron chi connectivity index (χ4n) is 2.55. The number of anilines is 1. The van der Waals surface area contributed by atoms with Gasteiger partial charge in [-0.1, -0.05) is 11.3 Å². The molecule has 1 heterocycles. The Labute approximate surface area is 161 Å². The van der Waals surface area contributed by atoms with Gasteiger partial charge in [-0.3, -0.25) is 5.43 Å². The molecule has 27 heavy (non-hydrogen) atoms. The summed E-state index contributed by atoms with van der Waals surface area (Å²) in [6.07, 6.45) is 1.65. The van der Waals surface area contributed by atoms with Crippen molar-refractivity contribution in [1.29, 1.82) is 0 Å². The van der Waals surface area contributed by atoms with Gasteiger partial charge in [0, 0.05) is 11.8 Å². The monoisotopic (exact) mass is 383 g/mol. The molecule has 3 aromatic rings. The van der Waals surface area contributed by atoms with Crippen molar-refractivity contribution in [2.45, 2.75) is 20.8 Å². The van der Waals surface area contributed by atoms with Crippen LogP contribution in [0.15, 0.2) is 41.6 Å². The van der Waals surface area contributed by atoms with Crippen LogP contribution in [0.2, 0.25) is 0 Å². The number of phenolic OH excluding ortho intramolecular Hbond substituents is 2. The zero-order valence-electron chi connectivity index (χ0n) is 15.6. The quantitative estimate of drug-likeness (QED) is 0.338. The van der Waals surface area contributed by atoms with Gasteiger partial charge in [-0.05, 0) is 67.8 Å². The fourth-order valence-corrected chi connectivity index (χ4v) is 3.33. The number of phenols is 2. The van der Waals surface area contributed by atoms with E-state index in [9.17, 15) is 10.2 Å². The summed E-state index contributed by atoms with van der Waals surface area (Å²) < 4.78 is 5.15. The van der Waals surface area contributed by atoms with E-state index >= 15 is 0 Å². The maximum absolute atomic E-state index is 10.4. The number of benzene rings is 2. The van der Waals surface area contributed by atoms with E-state index in [-0.39, 0.29) is 11.5 Å². The Morgan fingerprint density at radius 3 is 2.52 bits per heavy atom. The van der Waals surface area contributed by atoms with Crippen molar-refractivity contribution in [2.24, 2.45) is 5.10 Å². The molecule has 0 spiro atoms. The molecule has 0 radical (unpaired) electrons. The van der Waals surface area contributed by atoms with Crippen molar-refractivity contribution in [3.05, 3.63) is 53.2 Å². The minimum atomic E-state index is 0.150. The van der Waals surface area contributed by atoms with Crippen LogP contribution in [-0.4, -0.2) is 28.0 Å². The second-order valence-corrected chi connectivity index (χ2v) is 7.14. The molecule has 0 bridgehead atoms. The number of aromatic nitrogens is 1. The Morgan fingerprint density at radius 1 is 1.15 bits per heavy atom. The Kier molecular flexibility index (Phi) is 5.32. The van der Waals surface area contributed by atoms with Crippen molar-refractivity contribution in [3.63, 3.8) is 0 Å². The second kappa shape index (κ2) is 7.67. The van der Waals surface area contributed by atoms with Gasteiger partial charge in [-0.15, -0.1) is 0 Å². The van der Waals surface area contributed by atoms with Crippen molar-refractivity contribution < 1.29 is 14.9 Å². The number of hydrogen-bond acceptors (Lipinski definition) is 7. The summed E-state index contributed by atoms with van der Waals surface area (Å²) in [4.78, 5) is 5.04. The standard InChI is InChI=1S/C20H21N3O3S/c1-11-12(2)19(25)16(9-17(11)24)18-10-21-20(27-18)23-22-13(3)14-5-7-15(26-4)8-6-14/h5-10,24-25H,1-4H3,(H,21,23)/b22-13+. The summed E-state index contributed by atoms with van der Waals surface area (Å²) >= 11 is 1.35. The van der Waals surface area contributed by atoms with E-state index in [4.69, 9.17) is 4.74 Å². The van der Waals surface area contributed by atoms with Crippen LogP contribution >= 0.6 is 11.3 Å². The van der Waals surface area contributed by atoms with Gasteiger partial charge < -0.3 is 14.9 Å². The number of methoxy groups -OCH3 is 1. The molecular formula is C20H21N3O3S. The number of nitrogens with zero attached hydrogens (tertiary/aromatic N) is 2. The first-order chi connectivity index (χ1) is 12.9. The molecule has 0 saturated carbocycles. The van der Waals surface area contributed by atoms with Crippen LogP contribution in [0.3, 0.4) is 0 Å². The Bertz CT molecular complexity index is 994.